The second-order valence-electron chi connectivity index (χ2n) is 41.2. The number of hydrogen-bond acceptors (Lipinski definition) is 31. The summed E-state index contributed by atoms with van der Waals surface area (Å²) in [6, 6.07) is 37.9. The molecule has 3 aromatic carbocycles. The highest BCUT2D eigenvalue weighted by molar-refractivity contribution is 15.0. The minimum Gasteiger partial charge on any atom is -0.479 e. The number of piperazine rings is 3. The molecule has 36 nitrogen and oxygen atoms in total. The highest BCUT2D eigenvalue weighted by Crippen LogP contribution is 2.43. The predicted octanol–water partition coefficient (Wildman–Crippen LogP) is 18.5. The van der Waals surface area contributed by atoms with Crippen molar-refractivity contribution in [3.63, 3.8) is 0 Å². The fourth-order valence-electron chi connectivity index (χ4n) is 18.0. The molecule has 3 amide bonds. The van der Waals surface area contributed by atoms with Crippen LogP contribution in [0.2, 0.25) is 15.1 Å². The van der Waals surface area contributed by atoms with Crippen LogP contribution in [-0.2, 0) is 49.5 Å². The van der Waals surface area contributed by atoms with Gasteiger partial charge in [-0.3, -0.25) is 14.4 Å². The van der Waals surface area contributed by atoms with E-state index >= 15 is 0 Å². The molecule has 5 fully saturated rings. The number of rotatable bonds is 18. The van der Waals surface area contributed by atoms with Crippen LogP contribution in [0.15, 0.2) is 171 Å². The molecule has 0 radical (unpaired) electrons. The SMILES string of the molecule is C=CCOC(=O)C1O[C@@H](OC(=O)c2cccc(N3CCN(C(=O)c4cc5nc(-c6ccc(Cl)c(F)c6)cc(C(C)(C)C)c5o4)C(C)(C)C3)n2)[C@@H](O)C(O)[C@@H]1O.CC(C)(C)c1cc(-c2ccc(Cl)c(F)c2)nc2cc(C(=O)N3CCN(c4cccc(C(=O)O)n4)CC3(C)C)oc12.CC(C)(C)c1cc(-c2ccc(Cl)c(F)c2)nc2cc(C(=O)N3CCN(c4cccc(C(=O)O[C@@H]5OC(C(=O)O)[C@@H](O)C(O)[C@@H]5O)n4)CC3(C)C)oc12.I.II.[HH].[HH].[HH].[HH].[HH].[HH]. The zero-order valence-corrected chi connectivity index (χ0v) is 92.8. The number of aromatic carboxylic acids is 1. The fraction of sp³-hybridized carbons (Fsp3) is 0.390. The average Bonchev–Trinajstić information content (AvgIpc) is 1.61. The van der Waals surface area contributed by atoms with Crippen molar-refractivity contribution in [3.8, 4) is 33.8 Å². The highest BCUT2D eigenvalue weighted by Gasteiger charge is 2.52. The molecule has 17 rings (SSSR count). The third kappa shape index (κ3) is 25.2. The highest BCUT2D eigenvalue weighted by atomic mass is 128. The van der Waals surface area contributed by atoms with E-state index in [4.69, 9.17) is 86.7 Å². The van der Waals surface area contributed by atoms with Gasteiger partial charge in [0.05, 0.1) is 48.8 Å². The van der Waals surface area contributed by atoms with Gasteiger partial charge in [0.15, 0.2) is 63.3 Å². The summed E-state index contributed by atoms with van der Waals surface area (Å²) in [4.78, 5) is 141. The normalized spacial score (nSPS) is 20.6. The fourth-order valence-corrected chi connectivity index (χ4v) is 18.4. The number of pyridine rings is 6. The van der Waals surface area contributed by atoms with Crippen molar-refractivity contribution in [1.29, 1.82) is 0 Å². The van der Waals surface area contributed by atoms with Crippen molar-refractivity contribution in [2.75, 3.05) is 80.2 Å². The topological polar surface area (TPSA) is 481 Å². The van der Waals surface area contributed by atoms with Crippen LogP contribution >= 0.6 is 96.0 Å². The summed E-state index contributed by atoms with van der Waals surface area (Å²) in [5.41, 5.74) is 4.75. The Hall–Kier alpha value is -11.4. The summed E-state index contributed by atoms with van der Waals surface area (Å²) in [6.07, 6.45) is -17.5. The number of hydrogen-bond donors (Lipinski definition) is 8. The molecule has 9 aromatic heterocycles. The Morgan fingerprint density at radius 1 is 0.433 bits per heavy atom. The second-order valence-corrected chi connectivity index (χ2v) is 42.4. The molecule has 10 atom stereocenters. The number of ether oxygens (including phenoxy) is 5. The second kappa shape index (κ2) is 46.3. The number of halogens is 9. The van der Waals surface area contributed by atoms with Gasteiger partial charge >= 0.3 is 29.8 Å². The molecule has 0 spiro atoms. The average molecular weight is 2480 g/mol. The number of aromatic nitrogens is 6. The van der Waals surface area contributed by atoms with Gasteiger partial charge < -0.3 is 107 Å². The van der Waals surface area contributed by atoms with Crippen LogP contribution in [0.1, 0.15) is 192 Å². The number of carbonyl (C=O) groups is 8. The predicted molar refractivity (Wildman–Crippen MR) is 590 cm³/mol. The van der Waals surface area contributed by atoms with Gasteiger partial charge in [0, 0.05) is 156 Å². The standard InChI is InChI=1S/C39H42ClFN4O10.C36H38ClFN4O10.C30H30ClFN4O4.I2.HI.6H2/c1-7-15-52-36(51)33-30(47)29(46)31(48)37(54-33)55-35(50)24-9-8-10-28(43-24)44-13-14-45(39(5,6)19-44)34(49)27-18-26-32(53-27)21(38(2,3)4)17-25(42-26)20-11-12-22(40)23(41)16-20;1-35(2,3)18-14-22(17-9-10-19(37)20(38)13-17)39-23-15-24(50-29(18)23)31(46)42-12-11-41(16-36(42,4)5)25-8-6-7-21(40-25)33(49)52-34-28(45)26(43)27(44)30(51-34)32(47)48;1-29(2,3)18-14-22(17-9-10-19(31)20(32)13-17)33-23-15-24(40-26(18)23)27(37)36-12-11-35(16-30(36,4)5)25-8-6-7-21(34-25)28(38)39;1-2;;;;;;;/h7-12,16-18,29-31,33,37,46-48H,1,13-15,19H2,2-6H3;6-10,13-15,26-28,30,34,43-45H,11-12,16H2,1-5H3,(H,47,48);6-10,13-15H,11-12,16H2,1-5H3,(H,38,39);;7*1H/t29?,30-,31-,33?,37-;26?,27-,28-,30?,34-;;;;;;;;;/m00........./s1. The first-order valence-electron chi connectivity index (χ1n) is 47.0. The van der Waals surface area contributed by atoms with E-state index < -0.39 is 136 Å². The summed E-state index contributed by atoms with van der Waals surface area (Å²) in [5, 5.41) is 79.9. The summed E-state index contributed by atoms with van der Waals surface area (Å²) in [5.74, 6) is -6.82. The lowest BCUT2D eigenvalue weighted by Gasteiger charge is -2.47. The van der Waals surface area contributed by atoms with Crippen molar-refractivity contribution in [1.82, 2.24) is 44.6 Å². The van der Waals surface area contributed by atoms with Crippen LogP contribution in [-0.4, -0.2) is 277 Å². The number of benzene rings is 3. The Kier molecular flexibility index (Phi) is 35.7. The number of furan rings is 3. The quantitative estimate of drug-likeness (QED) is 0.0171. The molecule has 0 saturated carbocycles. The molecule has 0 aliphatic carbocycles. The van der Waals surface area contributed by atoms with Gasteiger partial charge in [0.1, 0.15) is 94.7 Å². The molecule has 12 aromatic rings. The van der Waals surface area contributed by atoms with E-state index in [9.17, 15) is 92.4 Å². The van der Waals surface area contributed by atoms with Crippen molar-refractivity contribution in [2.45, 2.75) is 198 Å². The number of esters is 3. The maximum Gasteiger partial charge on any atom is 0.359 e. The molecular formula is C105H123Cl3F3I3N12O24. The van der Waals surface area contributed by atoms with Crippen LogP contribution in [0.25, 0.3) is 67.1 Å². The first kappa shape index (κ1) is 116. The molecular weight excluding hydrogens is 2360 g/mol. The number of carboxylic acid groups (broad SMARTS) is 2. The van der Waals surface area contributed by atoms with E-state index in [0.717, 1.165) is 16.7 Å². The summed E-state index contributed by atoms with van der Waals surface area (Å²) < 4.78 is 87.3. The number of carboxylic acids is 2. The lowest BCUT2D eigenvalue weighted by atomic mass is 9.86. The van der Waals surface area contributed by atoms with E-state index in [0.29, 0.717) is 130 Å². The van der Waals surface area contributed by atoms with Gasteiger partial charge in [-0.2, -0.15) is 0 Å². The van der Waals surface area contributed by atoms with Gasteiger partial charge in [-0.25, -0.2) is 67.0 Å². The zero-order valence-electron chi connectivity index (χ0n) is 83.9. The number of amides is 3. The van der Waals surface area contributed by atoms with Crippen LogP contribution in [0.4, 0.5) is 30.6 Å². The molecule has 8 N–H and O–H groups in total. The van der Waals surface area contributed by atoms with E-state index in [2.05, 4.69) is 58.8 Å². The molecule has 5 aliphatic rings. The zero-order chi connectivity index (χ0) is 109. The van der Waals surface area contributed by atoms with Crippen molar-refractivity contribution >= 4 is 194 Å². The minimum absolute atomic E-state index is 0. The Bertz CT molecular complexity index is 7200. The van der Waals surface area contributed by atoms with Crippen molar-refractivity contribution in [2.24, 2.45) is 0 Å². The number of nitrogens with zero attached hydrogens (tertiary/aromatic N) is 12. The lowest BCUT2D eigenvalue weighted by molar-refractivity contribution is -0.279. The number of carbonyl (C=O) groups excluding carboxylic acids is 6. The molecule has 150 heavy (non-hydrogen) atoms. The molecule has 5 saturated heterocycles. The number of aliphatic carboxylic acids is 1. The Morgan fingerprint density at radius 2 is 0.733 bits per heavy atom. The smallest absolute Gasteiger partial charge is 0.359 e. The number of aliphatic hydroxyl groups excluding tert-OH is 6. The van der Waals surface area contributed by atoms with Crippen molar-refractivity contribution in [3.05, 3.63) is 242 Å². The third-order valence-electron chi connectivity index (χ3n) is 25.8. The van der Waals surface area contributed by atoms with Gasteiger partial charge in [0.25, 0.3) is 17.7 Å². The largest absolute Gasteiger partial charge is 0.479 e. The number of aliphatic hydroxyl groups is 6. The van der Waals surface area contributed by atoms with Crippen LogP contribution in [0, 0.1) is 17.5 Å². The van der Waals surface area contributed by atoms with Gasteiger partial charge in [-0.15, -0.1) is 24.0 Å². The van der Waals surface area contributed by atoms with Crippen LogP contribution in [0.5, 0.6) is 0 Å². The molecule has 14 heterocycles. The number of anilines is 3. The van der Waals surface area contributed by atoms with Crippen LogP contribution in [0.3, 0.4) is 0 Å². The van der Waals surface area contributed by atoms with E-state index in [-0.39, 0.29) is 125 Å². The van der Waals surface area contributed by atoms with E-state index in [1.165, 1.54) is 60.7 Å². The maximum absolute atomic E-state index is 14.4. The van der Waals surface area contributed by atoms with Crippen molar-refractivity contribution < 1.29 is 138 Å². The molecule has 0 bridgehead atoms. The first-order chi connectivity index (χ1) is 70.0. The Labute approximate surface area is 923 Å². The monoisotopic (exact) mass is 2480 g/mol. The van der Waals surface area contributed by atoms with E-state index in [1.807, 2.05) is 137 Å². The summed E-state index contributed by atoms with van der Waals surface area (Å²) in [6.45, 7) is 35.9. The van der Waals surface area contributed by atoms with Gasteiger partial charge in [0.2, 0.25) is 12.6 Å². The summed E-state index contributed by atoms with van der Waals surface area (Å²) in [7, 11) is 0. The Morgan fingerprint density at radius 3 is 1.02 bits per heavy atom. The van der Waals surface area contributed by atoms with Crippen LogP contribution < -0.4 is 14.7 Å². The number of fused-ring (bicyclic) bond motifs is 3. The molecule has 5 aliphatic heterocycles. The molecule has 810 valence electrons. The summed E-state index contributed by atoms with van der Waals surface area (Å²) >= 11 is 21.9. The first-order valence-corrected chi connectivity index (χ1v) is 54.4. The van der Waals surface area contributed by atoms with Gasteiger partial charge in [-0.05, 0) is 149 Å². The third-order valence-corrected chi connectivity index (χ3v) is 26.7. The maximum atomic E-state index is 14.4. The molecule has 45 heteroatoms. The Balaban J connectivity index is 0.000000309. The van der Waals surface area contributed by atoms with E-state index in [1.54, 1.807) is 87.5 Å². The van der Waals surface area contributed by atoms with Gasteiger partial charge in [-0.1, -0.05) is 146 Å². The lowest BCUT2D eigenvalue weighted by Crippen LogP contribution is -2.61. The minimum atomic E-state index is -1.94. The molecule has 4 unspecified atom stereocenters.